The zero-order valence-corrected chi connectivity index (χ0v) is 7.96. The van der Waals surface area contributed by atoms with Crippen molar-refractivity contribution in [2.24, 2.45) is 0 Å². The van der Waals surface area contributed by atoms with Crippen molar-refractivity contribution < 1.29 is 9.84 Å². The summed E-state index contributed by atoms with van der Waals surface area (Å²) in [5.41, 5.74) is 0. The molecule has 2 atom stereocenters. The SMILES string of the molecule is CCCCCC1CCC[C@@H](O)O1. The Morgan fingerprint density at radius 1 is 1.33 bits per heavy atom. The van der Waals surface area contributed by atoms with Gasteiger partial charge in [0.05, 0.1) is 6.10 Å². The van der Waals surface area contributed by atoms with Gasteiger partial charge >= 0.3 is 0 Å². The van der Waals surface area contributed by atoms with Crippen molar-refractivity contribution in [3.05, 3.63) is 0 Å². The molecule has 0 aromatic carbocycles. The van der Waals surface area contributed by atoms with E-state index in [1.807, 2.05) is 0 Å². The van der Waals surface area contributed by atoms with Crippen LogP contribution in [0.15, 0.2) is 0 Å². The molecule has 12 heavy (non-hydrogen) atoms. The lowest BCUT2D eigenvalue weighted by Gasteiger charge is -2.26. The molecule has 1 heterocycles. The molecule has 1 aliphatic heterocycles. The maximum atomic E-state index is 9.21. The maximum absolute atomic E-state index is 9.21. The molecular formula is C10H20O2. The molecule has 0 saturated carbocycles. The molecule has 1 saturated heterocycles. The number of aliphatic hydroxyl groups is 1. The van der Waals surface area contributed by atoms with Crippen molar-refractivity contribution in [2.45, 2.75) is 64.3 Å². The Balaban J connectivity index is 2.06. The van der Waals surface area contributed by atoms with E-state index in [1.54, 1.807) is 0 Å². The first-order valence-corrected chi connectivity index (χ1v) is 5.16. The fourth-order valence-electron chi connectivity index (χ4n) is 1.71. The Kier molecular flexibility index (Phi) is 4.62. The number of hydrogen-bond donors (Lipinski definition) is 1. The predicted octanol–water partition coefficient (Wildman–Crippen LogP) is 2.45. The fourth-order valence-corrected chi connectivity index (χ4v) is 1.71. The van der Waals surface area contributed by atoms with Gasteiger partial charge in [0.2, 0.25) is 0 Å². The average Bonchev–Trinajstić information content (AvgIpc) is 2.05. The quantitative estimate of drug-likeness (QED) is 0.660. The zero-order chi connectivity index (χ0) is 8.81. The molecule has 0 spiro atoms. The summed E-state index contributed by atoms with van der Waals surface area (Å²) in [6, 6.07) is 0. The molecule has 2 heteroatoms. The lowest BCUT2D eigenvalue weighted by atomic mass is 10.0. The Labute approximate surface area is 74.9 Å². The van der Waals surface area contributed by atoms with Crippen molar-refractivity contribution in [2.75, 3.05) is 0 Å². The summed E-state index contributed by atoms with van der Waals surface area (Å²) in [6.07, 6.45) is 7.86. The van der Waals surface area contributed by atoms with Gasteiger partial charge in [0, 0.05) is 0 Å². The second kappa shape index (κ2) is 5.55. The van der Waals surface area contributed by atoms with E-state index >= 15 is 0 Å². The normalized spacial score (nSPS) is 30.5. The summed E-state index contributed by atoms with van der Waals surface area (Å²) in [5, 5.41) is 9.21. The van der Waals surface area contributed by atoms with Gasteiger partial charge < -0.3 is 9.84 Å². The Hall–Kier alpha value is -0.0800. The third-order valence-corrected chi connectivity index (χ3v) is 2.46. The first-order valence-electron chi connectivity index (χ1n) is 5.16. The molecule has 0 amide bonds. The molecule has 1 fully saturated rings. The molecule has 1 unspecified atom stereocenters. The molecule has 1 N–H and O–H groups in total. The zero-order valence-electron chi connectivity index (χ0n) is 7.96. The van der Waals surface area contributed by atoms with Gasteiger partial charge in [-0.1, -0.05) is 26.2 Å². The van der Waals surface area contributed by atoms with Gasteiger partial charge in [-0.2, -0.15) is 0 Å². The van der Waals surface area contributed by atoms with Crippen LogP contribution in [0.25, 0.3) is 0 Å². The van der Waals surface area contributed by atoms with E-state index in [1.165, 1.54) is 19.3 Å². The van der Waals surface area contributed by atoms with E-state index in [0.717, 1.165) is 25.7 Å². The van der Waals surface area contributed by atoms with Crippen LogP contribution >= 0.6 is 0 Å². The fraction of sp³-hybridized carbons (Fsp3) is 1.00. The summed E-state index contributed by atoms with van der Waals surface area (Å²) >= 11 is 0. The van der Waals surface area contributed by atoms with Crippen molar-refractivity contribution in [3.8, 4) is 0 Å². The lowest BCUT2D eigenvalue weighted by Crippen LogP contribution is -2.27. The first kappa shape index (κ1) is 10.0. The van der Waals surface area contributed by atoms with E-state index in [2.05, 4.69) is 6.92 Å². The summed E-state index contributed by atoms with van der Waals surface area (Å²) in [5.74, 6) is 0. The monoisotopic (exact) mass is 172 g/mol. The molecule has 72 valence electrons. The van der Waals surface area contributed by atoms with E-state index < -0.39 is 6.29 Å². The summed E-state index contributed by atoms with van der Waals surface area (Å²) in [4.78, 5) is 0. The van der Waals surface area contributed by atoms with Crippen LogP contribution in [0, 0.1) is 0 Å². The van der Waals surface area contributed by atoms with Gasteiger partial charge in [0.25, 0.3) is 0 Å². The molecule has 0 aromatic rings. The summed E-state index contributed by atoms with van der Waals surface area (Å²) in [6.45, 7) is 2.20. The van der Waals surface area contributed by atoms with Gasteiger partial charge in [-0.15, -0.1) is 0 Å². The van der Waals surface area contributed by atoms with E-state index in [4.69, 9.17) is 4.74 Å². The number of aliphatic hydroxyl groups excluding tert-OH is 1. The van der Waals surface area contributed by atoms with Crippen LogP contribution in [-0.4, -0.2) is 17.5 Å². The topological polar surface area (TPSA) is 29.5 Å². The second-order valence-electron chi connectivity index (χ2n) is 3.64. The Morgan fingerprint density at radius 3 is 2.83 bits per heavy atom. The third-order valence-electron chi connectivity index (χ3n) is 2.46. The van der Waals surface area contributed by atoms with Crippen molar-refractivity contribution in [1.82, 2.24) is 0 Å². The average molecular weight is 172 g/mol. The Morgan fingerprint density at radius 2 is 2.17 bits per heavy atom. The van der Waals surface area contributed by atoms with Crippen molar-refractivity contribution in [3.63, 3.8) is 0 Å². The molecule has 2 nitrogen and oxygen atoms in total. The highest BCUT2D eigenvalue weighted by Crippen LogP contribution is 2.21. The minimum Gasteiger partial charge on any atom is -0.368 e. The van der Waals surface area contributed by atoms with Gasteiger partial charge in [-0.25, -0.2) is 0 Å². The van der Waals surface area contributed by atoms with E-state index in [9.17, 15) is 5.11 Å². The van der Waals surface area contributed by atoms with Gasteiger partial charge in [-0.3, -0.25) is 0 Å². The number of ether oxygens (including phenoxy) is 1. The van der Waals surface area contributed by atoms with Crippen LogP contribution in [0.4, 0.5) is 0 Å². The molecule has 0 aromatic heterocycles. The molecule has 0 aliphatic carbocycles. The summed E-state index contributed by atoms with van der Waals surface area (Å²) < 4.78 is 5.39. The minimum atomic E-state index is -0.481. The van der Waals surface area contributed by atoms with Crippen LogP contribution < -0.4 is 0 Å². The molecular weight excluding hydrogens is 152 g/mol. The molecule has 0 radical (unpaired) electrons. The second-order valence-corrected chi connectivity index (χ2v) is 3.64. The lowest BCUT2D eigenvalue weighted by molar-refractivity contribution is -0.164. The van der Waals surface area contributed by atoms with Crippen LogP contribution in [0.2, 0.25) is 0 Å². The minimum absolute atomic E-state index is 0.334. The highest BCUT2D eigenvalue weighted by atomic mass is 16.6. The molecule has 1 aliphatic rings. The Bertz CT molecular complexity index is 114. The number of unbranched alkanes of at least 4 members (excludes halogenated alkanes) is 2. The van der Waals surface area contributed by atoms with Gasteiger partial charge in [0.1, 0.15) is 0 Å². The van der Waals surface area contributed by atoms with Crippen molar-refractivity contribution in [1.29, 1.82) is 0 Å². The molecule has 1 rings (SSSR count). The van der Waals surface area contributed by atoms with Crippen LogP contribution in [0.3, 0.4) is 0 Å². The largest absolute Gasteiger partial charge is 0.368 e. The third kappa shape index (κ3) is 3.55. The van der Waals surface area contributed by atoms with E-state index in [0.29, 0.717) is 6.10 Å². The highest BCUT2D eigenvalue weighted by Gasteiger charge is 2.19. The van der Waals surface area contributed by atoms with Crippen LogP contribution in [0.5, 0.6) is 0 Å². The van der Waals surface area contributed by atoms with Crippen molar-refractivity contribution >= 4 is 0 Å². The number of hydrogen-bond acceptors (Lipinski definition) is 2. The van der Waals surface area contributed by atoms with Crippen LogP contribution in [-0.2, 0) is 4.74 Å². The first-order chi connectivity index (χ1) is 5.83. The highest BCUT2D eigenvalue weighted by molar-refractivity contribution is 4.65. The number of rotatable bonds is 4. The van der Waals surface area contributed by atoms with Gasteiger partial charge in [-0.05, 0) is 25.7 Å². The van der Waals surface area contributed by atoms with Gasteiger partial charge in [0.15, 0.2) is 6.29 Å². The van der Waals surface area contributed by atoms with E-state index in [-0.39, 0.29) is 0 Å². The summed E-state index contributed by atoms with van der Waals surface area (Å²) in [7, 11) is 0. The molecule has 0 bridgehead atoms. The van der Waals surface area contributed by atoms with Crippen LogP contribution in [0.1, 0.15) is 51.9 Å². The smallest absolute Gasteiger partial charge is 0.154 e. The maximum Gasteiger partial charge on any atom is 0.154 e. The standard InChI is InChI=1S/C10H20O2/c1-2-3-4-6-9-7-5-8-10(11)12-9/h9-11H,2-8H2,1H3/t9?,10-/m0/s1. The predicted molar refractivity (Wildman–Crippen MR) is 48.9 cm³/mol.